The maximum absolute atomic E-state index is 13.8. The van der Waals surface area contributed by atoms with E-state index in [1.165, 1.54) is 41.4 Å². The van der Waals surface area contributed by atoms with Gasteiger partial charge < -0.3 is 67.1 Å². The van der Waals surface area contributed by atoms with Crippen molar-refractivity contribution < 1.29 is 81.0 Å². The minimum atomic E-state index is -1.18. The summed E-state index contributed by atoms with van der Waals surface area (Å²) in [7, 11) is -4.40. The second-order valence-electron chi connectivity index (χ2n) is 31.6. The van der Waals surface area contributed by atoms with Gasteiger partial charge in [-0.25, -0.2) is 46.3 Å². The zero-order valence-corrected chi connectivity index (χ0v) is 82.3. The van der Waals surface area contributed by atoms with Gasteiger partial charge in [0.15, 0.2) is 35.8 Å². The van der Waals surface area contributed by atoms with Crippen LogP contribution in [0.4, 0.5) is 30.7 Å². The molecule has 4 heterocycles. The molecule has 0 aliphatic carbocycles. The van der Waals surface area contributed by atoms with Crippen molar-refractivity contribution in [3.63, 3.8) is 0 Å². The Morgan fingerprint density at radius 1 is 0.407 bits per heavy atom. The van der Waals surface area contributed by atoms with Crippen LogP contribution in [0.1, 0.15) is 67.7 Å². The molecule has 652 valence electrons. The van der Waals surface area contributed by atoms with Crippen LogP contribution in [-0.2, 0) is 96.9 Å². The van der Waals surface area contributed by atoms with Gasteiger partial charge in [0.2, 0.25) is 0 Å². The highest BCUT2D eigenvalue weighted by atomic mass is 80.0. The lowest BCUT2D eigenvalue weighted by Gasteiger charge is -2.16. The number of benzene rings is 7. The Morgan fingerprint density at radius 3 is 0.949 bits per heavy atom. The molecule has 7 aromatic carbocycles. The number of hydrogen-bond donors (Lipinski definition) is 4. The molecule has 18 nitrogen and oxygen atoms in total. The molecular formula is C84H116Br5F7N8O10Si4. The molecule has 0 saturated carbocycles. The van der Waals surface area contributed by atoms with Crippen molar-refractivity contribution in [2.75, 3.05) is 40.7 Å². The zero-order chi connectivity index (χ0) is 89.0. The molecule has 4 N–H and O–H groups in total. The Bertz CT molecular complexity index is 4600. The highest BCUT2D eigenvalue weighted by Crippen LogP contribution is 2.39. The van der Waals surface area contributed by atoms with E-state index in [9.17, 15) is 40.9 Å². The first-order valence-electron chi connectivity index (χ1n) is 39.1. The Labute approximate surface area is 737 Å². The largest absolute Gasteiger partial charge is 0.505 e. The Balaban J connectivity index is 0.000000312. The lowest BCUT2D eigenvalue weighted by Crippen LogP contribution is -2.22. The van der Waals surface area contributed by atoms with E-state index in [0.29, 0.717) is 50.9 Å². The molecule has 0 radical (unpaired) electrons. The first-order valence-corrected chi connectivity index (χ1v) is 57.5. The zero-order valence-electron chi connectivity index (χ0n) is 71.3. The molecule has 0 fully saturated rings. The van der Waals surface area contributed by atoms with E-state index >= 15 is 0 Å². The molecular weight excluding hydrogens is 1930 g/mol. The van der Waals surface area contributed by atoms with Gasteiger partial charge in [0, 0.05) is 125 Å². The van der Waals surface area contributed by atoms with E-state index in [-0.39, 0.29) is 39.0 Å². The second kappa shape index (κ2) is 51.4. The van der Waals surface area contributed by atoms with Crippen LogP contribution in [0.5, 0.6) is 17.2 Å². The summed E-state index contributed by atoms with van der Waals surface area (Å²) < 4.78 is 136. The number of aromatic nitrogens is 8. The van der Waals surface area contributed by atoms with E-state index in [4.69, 9.17) is 50.0 Å². The van der Waals surface area contributed by atoms with Crippen molar-refractivity contribution in [3.8, 4) is 17.2 Å². The van der Waals surface area contributed by atoms with Gasteiger partial charge in [-0.1, -0.05) is 164 Å². The number of phenols is 1. The molecule has 0 unspecified atom stereocenters. The smallest absolute Gasteiger partial charge is 0.189 e. The summed E-state index contributed by atoms with van der Waals surface area (Å²) in [6.07, 6.45) is 2.56. The van der Waals surface area contributed by atoms with Crippen molar-refractivity contribution in [3.05, 3.63) is 208 Å². The number of aromatic hydroxyl groups is 1. The van der Waals surface area contributed by atoms with E-state index in [0.717, 1.165) is 161 Å². The number of halogens is 12. The number of aryl methyl sites for hydroxylation is 3. The van der Waals surface area contributed by atoms with Gasteiger partial charge in [-0.05, 0) is 154 Å². The third-order valence-corrected chi connectivity index (χ3v) is 24.9. The lowest BCUT2D eigenvalue weighted by atomic mass is 10.2. The Hall–Kier alpha value is -5.68. The summed E-state index contributed by atoms with van der Waals surface area (Å²) >= 11 is 16.0. The van der Waals surface area contributed by atoms with Crippen LogP contribution in [0, 0.1) is 34.9 Å². The van der Waals surface area contributed by atoms with E-state index in [1.807, 2.05) is 59.2 Å². The van der Waals surface area contributed by atoms with Crippen LogP contribution in [0.3, 0.4) is 0 Å². The second-order valence-corrected chi connectivity index (χ2v) is 65.8. The quantitative estimate of drug-likeness (QED) is 0.0134. The fourth-order valence-electron chi connectivity index (χ4n) is 11.1. The number of aliphatic hydroxyl groups is 3. The summed E-state index contributed by atoms with van der Waals surface area (Å²) in [5, 5.41) is 35.5. The first-order chi connectivity index (χ1) is 56.1. The minimum Gasteiger partial charge on any atom is -0.505 e. The molecule has 0 aliphatic heterocycles. The molecule has 4 aromatic heterocycles. The molecule has 0 spiro atoms. The van der Waals surface area contributed by atoms with Gasteiger partial charge in [0.25, 0.3) is 0 Å². The highest BCUT2D eigenvalue weighted by molar-refractivity contribution is 9.52. The van der Waals surface area contributed by atoms with Crippen LogP contribution in [0.2, 0.25) is 103 Å². The molecule has 0 bridgehead atoms. The number of para-hydroxylation sites is 4. The van der Waals surface area contributed by atoms with Crippen molar-refractivity contribution >= 4 is 156 Å². The van der Waals surface area contributed by atoms with Crippen molar-refractivity contribution in [2.45, 2.75) is 203 Å². The monoisotopic (exact) mass is 2040 g/mol. The molecule has 11 rings (SSSR count). The average molecular weight is 2040 g/mol. The third kappa shape index (κ3) is 36.0. The van der Waals surface area contributed by atoms with Crippen LogP contribution in [0.25, 0.3) is 44.1 Å². The molecule has 34 heteroatoms. The maximum atomic E-state index is 13.8. The van der Waals surface area contributed by atoms with Crippen molar-refractivity contribution in [1.29, 1.82) is 0 Å². The molecule has 0 saturated heterocycles. The molecule has 0 atom stereocenters. The number of nitrogens with zero attached hydrogens (tertiary/aromatic N) is 8. The van der Waals surface area contributed by atoms with Gasteiger partial charge in [0.1, 0.15) is 87.5 Å². The standard InChI is InChI=1S/C22H28F2N2O2Si.C21H26F2N2O3Si.C16H25BrN2OSi.C16H26N2O2Si.C6H4F2O.CBr4.CH3F.CH4O/c1-5-21-25-22-16(14-28-20-10-9-17(23)13-18(20)24)7-6-8-19(22)26(21)15-27-11-12-29(2,3)4;1-29(2,3)10-9-27-14-25-18-6-4-5-15(21(18)24-20(25)12-26)13-28-19-8-7-16(22)11-17(19)23;1-5-15-18-16-13(11-17)7-6-8-14(16)19(15)12-20-9-10-21(2,3)4;1-5-15-17-16-13(11-19)7-6-8-14(16)18(15)12-20-9-10-21(2,3)4;7-4-1-2-6(9)5(8)3-4;2-1(3,4)5;2*1-2/h6-10,13H,5,11-12,14-15H2,1-4H3;4-8,11,26H,9-10,12-14H2,1-3H3;6-8H,5,9-12H2,1-4H3;6-8,19H,5,9-12H2,1-4H3;1-3,9H;;1H3;2H,1H3/i;;;;;;1D;. The van der Waals surface area contributed by atoms with Gasteiger partial charge in [0.05, 0.1) is 59.3 Å². The number of hydrogen-bond acceptors (Lipinski definition) is 14. The number of aliphatic hydroxyl groups excluding tert-OH is 3. The fourth-order valence-corrected chi connectivity index (χ4v) is 14.6. The SMILES string of the molecule is BrC(Br)(Br)Br.CCc1nc2c(CBr)cccc2n1COCC[Si](C)(C)C.CCc1nc2c(CO)cccc2n1COCC[Si](C)(C)C.CCc1nc2c(COc3ccc(F)cc3F)cccc2n1COCC[Si](C)(C)C.CO.C[Si](C)(C)CCOCn1c(CO)nc2c(COc3ccc(F)cc3F)cccc21.Oc1ccc(F)cc1F.[2H]CF. The summed E-state index contributed by atoms with van der Waals surface area (Å²) in [6, 6.07) is 37.3. The topological polar surface area (TPSA) is 208 Å². The number of phenolic OH excluding ortho intramolecular Hbond substituents is 1. The van der Waals surface area contributed by atoms with Crippen LogP contribution >= 0.6 is 79.6 Å². The van der Waals surface area contributed by atoms with Crippen molar-refractivity contribution in [2.24, 2.45) is 0 Å². The number of ether oxygens (including phenoxy) is 6. The molecule has 11 aromatic rings. The molecule has 118 heavy (non-hydrogen) atoms. The average Bonchev–Trinajstić information content (AvgIpc) is 1.66. The van der Waals surface area contributed by atoms with Gasteiger partial charge in [-0.15, -0.1) is 0 Å². The van der Waals surface area contributed by atoms with Crippen molar-refractivity contribution in [1.82, 2.24) is 38.2 Å². The van der Waals surface area contributed by atoms with E-state index < -0.39 is 80.1 Å². The molecule has 0 aliphatic rings. The highest BCUT2D eigenvalue weighted by Gasteiger charge is 2.22. The van der Waals surface area contributed by atoms with Crippen LogP contribution < -0.4 is 9.47 Å². The number of imidazole rings is 4. The predicted molar refractivity (Wildman–Crippen MR) is 491 cm³/mol. The van der Waals surface area contributed by atoms with Crippen LogP contribution in [0.15, 0.2) is 127 Å². The lowest BCUT2D eigenvalue weighted by molar-refractivity contribution is 0.0845. The first kappa shape index (κ1) is 103. The predicted octanol–water partition coefficient (Wildman–Crippen LogP) is 23.7. The van der Waals surface area contributed by atoms with E-state index in [2.05, 4.69) is 221 Å². The van der Waals surface area contributed by atoms with Gasteiger partial charge in [-0.2, -0.15) is 0 Å². The summed E-state index contributed by atoms with van der Waals surface area (Å²) in [5.74, 6) is -1.37. The van der Waals surface area contributed by atoms with E-state index in [1.54, 1.807) is 0 Å². The van der Waals surface area contributed by atoms with Gasteiger partial charge in [-0.3, -0.25) is 4.39 Å². The summed E-state index contributed by atoms with van der Waals surface area (Å²) in [6.45, 7) is 39.3. The van der Waals surface area contributed by atoms with Crippen LogP contribution in [-0.4, -0.2) is 133 Å². The Morgan fingerprint density at radius 2 is 0.678 bits per heavy atom. The Kier molecular flexibility index (Phi) is 44.8. The summed E-state index contributed by atoms with van der Waals surface area (Å²) in [4.78, 5) is 18.7. The maximum Gasteiger partial charge on any atom is 0.189 e. The third-order valence-electron chi connectivity index (χ3n) is 17.5. The number of alkyl halides is 6. The summed E-state index contributed by atoms with van der Waals surface area (Å²) in [5.41, 5.74) is 11.2. The number of rotatable bonds is 32. The number of fused-ring (bicyclic) bond motifs is 4. The minimum absolute atomic E-state index is 0.0215. The van der Waals surface area contributed by atoms with Gasteiger partial charge >= 0.3 is 0 Å². The normalized spacial score (nSPS) is 11.7. The molecule has 0 amide bonds. The fraction of sp³-hybridized carbons (Fsp3) is 0.452.